The van der Waals surface area contributed by atoms with Crippen LogP contribution >= 0.6 is 0 Å². The Morgan fingerprint density at radius 3 is 2.30 bits per heavy atom. The van der Waals surface area contributed by atoms with Crippen LogP contribution in [0.2, 0.25) is 0 Å². The third-order valence-corrected chi connectivity index (χ3v) is 7.06. The van der Waals surface area contributed by atoms with Gasteiger partial charge in [-0.15, -0.1) is 0 Å². The molecule has 7 heteroatoms. The summed E-state index contributed by atoms with van der Waals surface area (Å²) in [5, 5.41) is 4.63. The third kappa shape index (κ3) is 3.52. The lowest BCUT2D eigenvalue weighted by Crippen LogP contribution is -2.50. The Balaban J connectivity index is 1.27. The monoisotopic (exact) mass is 446 g/mol. The summed E-state index contributed by atoms with van der Waals surface area (Å²) in [7, 11) is 0. The number of benzene rings is 2. The first-order valence-electron chi connectivity index (χ1n) is 11.4. The number of allylic oxidation sites excluding steroid dienone is 2. The predicted molar refractivity (Wildman–Crippen MR) is 122 cm³/mol. The number of nitrogens with one attached hydrogen (secondary N) is 1. The van der Waals surface area contributed by atoms with Gasteiger partial charge in [0, 0.05) is 11.1 Å². The van der Waals surface area contributed by atoms with Crippen molar-refractivity contribution in [2.75, 3.05) is 11.9 Å². The lowest BCUT2D eigenvalue weighted by Gasteiger charge is -2.28. The number of imide groups is 1. The van der Waals surface area contributed by atoms with E-state index in [4.69, 9.17) is 4.74 Å². The standard InChI is InChI=1S/C26H26N2O5/c1-14(2)23(28-24(30)21-16-10-11-17(12-16)22(21)25(28)31)26(32)33-13-20(29)27-19-9-5-7-15-6-3-4-8-18(15)19/h3-11,14,16-17,21-23H,12-13H2,1-2H3,(H,27,29)/t16-,17-,21-,22+,23-/m0/s1. The van der Waals surface area contributed by atoms with Crippen LogP contribution in [0, 0.1) is 29.6 Å². The van der Waals surface area contributed by atoms with E-state index in [-0.39, 0.29) is 41.4 Å². The van der Waals surface area contributed by atoms with Gasteiger partial charge in [-0.3, -0.25) is 19.3 Å². The number of fused-ring (bicyclic) bond motifs is 6. The van der Waals surface area contributed by atoms with Gasteiger partial charge < -0.3 is 10.1 Å². The molecule has 0 aromatic heterocycles. The summed E-state index contributed by atoms with van der Waals surface area (Å²) in [6.07, 6.45) is 4.85. The molecule has 1 saturated heterocycles. The fraction of sp³-hybridized carbons (Fsp3) is 0.385. The van der Waals surface area contributed by atoms with Crippen LogP contribution < -0.4 is 5.32 Å². The highest BCUT2D eigenvalue weighted by molar-refractivity contribution is 6.09. The van der Waals surface area contributed by atoms with E-state index in [1.54, 1.807) is 19.9 Å². The number of ether oxygens (including phenoxy) is 1. The maximum atomic E-state index is 13.1. The number of hydrogen-bond acceptors (Lipinski definition) is 5. The van der Waals surface area contributed by atoms with Crippen molar-refractivity contribution in [1.29, 1.82) is 0 Å². The zero-order valence-electron chi connectivity index (χ0n) is 18.6. The molecule has 1 heterocycles. The predicted octanol–water partition coefficient (Wildman–Crippen LogP) is 3.15. The maximum absolute atomic E-state index is 13.1. The second-order valence-corrected chi connectivity index (χ2v) is 9.42. The molecule has 1 N–H and O–H groups in total. The summed E-state index contributed by atoms with van der Waals surface area (Å²) in [6, 6.07) is 12.2. The van der Waals surface area contributed by atoms with Gasteiger partial charge in [-0.2, -0.15) is 0 Å². The van der Waals surface area contributed by atoms with Crippen LogP contribution in [0.25, 0.3) is 10.8 Å². The van der Waals surface area contributed by atoms with Crippen LogP contribution in [0.15, 0.2) is 54.6 Å². The number of carbonyl (C=O) groups is 4. The molecule has 0 unspecified atom stereocenters. The van der Waals surface area contributed by atoms with Crippen LogP contribution in [0.1, 0.15) is 20.3 Å². The molecular weight excluding hydrogens is 420 g/mol. The molecule has 2 aromatic carbocycles. The molecule has 3 aliphatic rings. The topological polar surface area (TPSA) is 92.8 Å². The summed E-state index contributed by atoms with van der Waals surface area (Å²) in [5.74, 6) is -2.77. The molecule has 2 aliphatic carbocycles. The van der Waals surface area contributed by atoms with Crippen molar-refractivity contribution in [2.24, 2.45) is 29.6 Å². The Kier molecular flexibility index (Phi) is 5.27. The normalized spacial score (nSPS) is 26.2. The van der Waals surface area contributed by atoms with Gasteiger partial charge in [0.25, 0.3) is 5.91 Å². The summed E-state index contributed by atoms with van der Waals surface area (Å²) < 4.78 is 5.30. The Labute approximate surface area is 191 Å². The molecule has 7 nitrogen and oxygen atoms in total. The molecular formula is C26H26N2O5. The highest BCUT2D eigenvalue weighted by atomic mass is 16.5. The van der Waals surface area contributed by atoms with Crippen LogP contribution in [0.3, 0.4) is 0 Å². The Morgan fingerprint density at radius 2 is 1.64 bits per heavy atom. The van der Waals surface area contributed by atoms with E-state index < -0.39 is 24.5 Å². The number of anilines is 1. The highest BCUT2D eigenvalue weighted by Gasteiger charge is 2.61. The first-order valence-corrected chi connectivity index (χ1v) is 11.4. The lowest BCUT2D eigenvalue weighted by atomic mass is 9.85. The molecule has 170 valence electrons. The quantitative estimate of drug-likeness (QED) is 0.418. The van der Waals surface area contributed by atoms with Crippen LogP contribution in [-0.2, 0) is 23.9 Å². The van der Waals surface area contributed by atoms with Gasteiger partial charge in [0.1, 0.15) is 6.04 Å². The second kappa shape index (κ2) is 8.14. The summed E-state index contributed by atoms with van der Waals surface area (Å²) >= 11 is 0. The first kappa shape index (κ1) is 21.4. The fourth-order valence-electron chi connectivity index (χ4n) is 5.62. The smallest absolute Gasteiger partial charge is 0.330 e. The van der Waals surface area contributed by atoms with Crippen LogP contribution in [-0.4, -0.2) is 41.2 Å². The molecule has 33 heavy (non-hydrogen) atoms. The zero-order valence-corrected chi connectivity index (χ0v) is 18.6. The first-order chi connectivity index (χ1) is 15.9. The average molecular weight is 447 g/mol. The molecule has 3 amide bonds. The molecule has 5 rings (SSSR count). The van der Waals surface area contributed by atoms with Crippen molar-refractivity contribution in [3.05, 3.63) is 54.6 Å². The van der Waals surface area contributed by atoms with Crippen molar-refractivity contribution >= 4 is 40.2 Å². The molecule has 0 spiro atoms. The van der Waals surface area contributed by atoms with Gasteiger partial charge in [-0.05, 0) is 35.6 Å². The van der Waals surface area contributed by atoms with Gasteiger partial charge in [-0.25, -0.2) is 4.79 Å². The molecule has 0 radical (unpaired) electrons. The number of amides is 3. The molecule has 5 atom stereocenters. The zero-order chi connectivity index (χ0) is 23.3. The van der Waals surface area contributed by atoms with Gasteiger partial charge in [0.15, 0.2) is 6.61 Å². The third-order valence-electron chi connectivity index (χ3n) is 7.06. The van der Waals surface area contributed by atoms with Crippen molar-refractivity contribution in [3.63, 3.8) is 0 Å². The Hall–Kier alpha value is -3.48. The summed E-state index contributed by atoms with van der Waals surface area (Å²) in [5.41, 5.74) is 0.621. The van der Waals surface area contributed by atoms with Gasteiger partial charge in [0.05, 0.1) is 11.8 Å². The lowest BCUT2D eigenvalue weighted by molar-refractivity contribution is -0.162. The molecule has 1 aliphatic heterocycles. The number of carbonyl (C=O) groups excluding carboxylic acids is 4. The molecule has 2 bridgehead atoms. The van der Waals surface area contributed by atoms with E-state index in [0.717, 1.165) is 22.1 Å². The SMILES string of the molecule is CC(C)[C@@H](C(=O)OCC(=O)Nc1cccc2ccccc12)N1C(=O)[C@@H]2[C@H](C1=O)[C@H]1C=C[C@H]2C1. The van der Waals surface area contributed by atoms with Crippen molar-refractivity contribution in [1.82, 2.24) is 4.90 Å². The number of nitrogens with zero attached hydrogens (tertiary/aromatic N) is 1. The largest absolute Gasteiger partial charge is 0.454 e. The van der Waals surface area contributed by atoms with E-state index in [0.29, 0.717) is 5.69 Å². The van der Waals surface area contributed by atoms with E-state index in [2.05, 4.69) is 5.32 Å². The van der Waals surface area contributed by atoms with Crippen LogP contribution in [0.5, 0.6) is 0 Å². The van der Waals surface area contributed by atoms with Crippen molar-refractivity contribution < 1.29 is 23.9 Å². The number of hydrogen-bond donors (Lipinski definition) is 1. The van der Waals surface area contributed by atoms with Crippen molar-refractivity contribution in [3.8, 4) is 0 Å². The molecule has 2 aromatic rings. The van der Waals surface area contributed by atoms with Crippen LogP contribution in [0.4, 0.5) is 5.69 Å². The van der Waals surface area contributed by atoms with Gasteiger partial charge in [0.2, 0.25) is 11.8 Å². The Morgan fingerprint density at radius 1 is 1.00 bits per heavy atom. The second-order valence-electron chi connectivity index (χ2n) is 9.42. The van der Waals surface area contributed by atoms with E-state index in [1.165, 1.54) is 0 Å². The summed E-state index contributed by atoms with van der Waals surface area (Å²) in [4.78, 5) is 52.8. The van der Waals surface area contributed by atoms with Crippen molar-refractivity contribution in [2.45, 2.75) is 26.3 Å². The fourth-order valence-corrected chi connectivity index (χ4v) is 5.62. The van der Waals surface area contributed by atoms with E-state index in [1.807, 2.05) is 48.6 Å². The minimum absolute atomic E-state index is 0.0664. The van der Waals surface area contributed by atoms with Gasteiger partial charge in [-0.1, -0.05) is 62.4 Å². The number of rotatable bonds is 6. The van der Waals surface area contributed by atoms with E-state index >= 15 is 0 Å². The molecule has 1 saturated carbocycles. The maximum Gasteiger partial charge on any atom is 0.330 e. The minimum atomic E-state index is -1.04. The average Bonchev–Trinajstić information content (AvgIpc) is 3.48. The van der Waals surface area contributed by atoms with E-state index in [9.17, 15) is 19.2 Å². The molecule has 2 fully saturated rings. The number of esters is 1. The number of likely N-dealkylation sites (tertiary alicyclic amines) is 1. The summed E-state index contributed by atoms with van der Waals surface area (Å²) in [6.45, 7) is 3.04. The minimum Gasteiger partial charge on any atom is -0.454 e. The Bertz CT molecular complexity index is 1150. The van der Waals surface area contributed by atoms with Gasteiger partial charge >= 0.3 is 5.97 Å². The highest BCUT2D eigenvalue weighted by Crippen LogP contribution is 2.53.